The second-order valence-corrected chi connectivity index (χ2v) is 14.9. The Morgan fingerprint density at radius 3 is 1.71 bits per heavy atom. The van der Waals surface area contributed by atoms with Gasteiger partial charge in [-0.1, -0.05) is 176 Å². The second kappa shape index (κ2) is 15.6. The van der Waals surface area contributed by atoms with Crippen LogP contribution in [0.2, 0.25) is 0 Å². The van der Waals surface area contributed by atoms with Gasteiger partial charge in [0.25, 0.3) is 0 Å². The van der Waals surface area contributed by atoms with E-state index in [0.29, 0.717) is 0 Å². The summed E-state index contributed by atoms with van der Waals surface area (Å²) in [6.45, 7) is 0. The highest BCUT2D eigenvalue weighted by Crippen LogP contribution is 2.45. The summed E-state index contributed by atoms with van der Waals surface area (Å²) < 4.78 is 0. The van der Waals surface area contributed by atoms with Gasteiger partial charge < -0.3 is 9.80 Å². The molecule has 10 rings (SSSR count). The van der Waals surface area contributed by atoms with Crippen LogP contribution in [0.1, 0.15) is 23.5 Å². The predicted octanol–water partition coefficient (Wildman–Crippen LogP) is 15.7. The maximum absolute atomic E-state index is 2.43. The van der Waals surface area contributed by atoms with Gasteiger partial charge in [0.2, 0.25) is 0 Å². The van der Waals surface area contributed by atoms with Crippen LogP contribution in [0.25, 0.3) is 38.2 Å². The standard InChI is InChI=1S/C56H42N2/c1-3-20-48(21-4-1)57(50-38-36-42(37-39-50)47-35-30-41-16-7-8-18-46(41)40-47)54-27-13-11-25-52(54)44-31-33-45(34-32-44)53-26-12-14-28-55(53)58(49-22-5-2-6-23-49)56-29-15-19-43-17-9-10-24-51(43)56/h1-31,33-40,44H,32H2. The first-order valence-electron chi connectivity index (χ1n) is 20.1. The lowest BCUT2D eigenvalue weighted by molar-refractivity contribution is 0.855. The van der Waals surface area contributed by atoms with Crippen molar-refractivity contribution >= 4 is 61.2 Å². The van der Waals surface area contributed by atoms with Gasteiger partial charge in [0.1, 0.15) is 0 Å². The van der Waals surface area contributed by atoms with Crippen molar-refractivity contribution in [3.8, 4) is 11.1 Å². The fourth-order valence-corrected chi connectivity index (χ4v) is 8.53. The maximum atomic E-state index is 2.43. The lowest BCUT2D eigenvalue weighted by Crippen LogP contribution is -2.14. The van der Waals surface area contributed by atoms with Gasteiger partial charge in [0.05, 0.1) is 11.4 Å². The fourth-order valence-electron chi connectivity index (χ4n) is 8.53. The molecule has 0 heterocycles. The molecule has 0 aliphatic heterocycles. The number of anilines is 6. The number of allylic oxidation sites excluding steroid dienone is 4. The summed E-state index contributed by atoms with van der Waals surface area (Å²) in [5, 5.41) is 4.96. The van der Waals surface area contributed by atoms with Gasteiger partial charge in [-0.2, -0.15) is 0 Å². The van der Waals surface area contributed by atoms with Gasteiger partial charge in [0, 0.05) is 39.6 Å². The summed E-state index contributed by atoms with van der Waals surface area (Å²) >= 11 is 0. The molecular weight excluding hydrogens is 701 g/mol. The van der Waals surface area contributed by atoms with Gasteiger partial charge in [-0.3, -0.25) is 0 Å². The van der Waals surface area contributed by atoms with Gasteiger partial charge >= 0.3 is 0 Å². The van der Waals surface area contributed by atoms with Crippen LogP contribution in [-0.2, 0) is 0 Å². The van der Waals surface area contributed by atoms with Crippen LogP contribution in [0.15, 0.2) is 237 Å². The molecule has 0 aromatic heterocycles. The number of hydrogen-bond donors (Lipinski definition) is 0. The molecule has 1 atom stereocenters. The quantitative estimate of drug-likeness (QED) is 0.145. The average Bonchev–Trinajstić information content (AvgIpc) is 3.30. The van der Waals surface area contributed by atoms with E-state index in [9.17, 15) is 0 Å². The predicted molar refractivity (Wildman–Crippen MR) is 247 cm³/mol. The van der Waals surface area contributed by atoms with E-state index in [0.717, 1.165) is 34.9 Å². The molecule has 9 aromatic carbocycles. The van der Waals surface area contributed by atoms with E-state index < -0.39 is 0 Å². The summed E-state index contributed by atoms with van der Waals surface area (Å²) in [4.78, 5) is 4.82. The summed E-state index contributed by atoms with van der Waals surface area (Å²) in [6, 6.07) is 78.7. The fraction of sp³-hybridized carbons (Fsp3) is 0.0357. The van der Waals surface area contributed by atoms with E-state index in [-0.39, 0.29) is 5.92 Å². The van der Waals surface area contributed by atoms with E-state index >= 15 is 0 Å². The van der Waals surface area contributed by atoms with Crippen molar-refractivity contribution in [1.82, 2.24) is 0 Å². The lowest BCUT2D eigenvalue weighted by Gasteiger charge is -2.31. The average molecular weight is 743 g/mol. The Balaban J connectivity index is 0.995. The maximum Gasteiger partial charge on any atom is 0.0540 e. The molecule has 58 heavy (non-hydrogen) atoms. The Labute approximate surface area is 340 Å². The molecule has 0 saturated heterocycles. The highest BCUT2D eigenvalue weighted by Gasteiger charge is 2.23. The monoisotopic (exact) mass is 742 g/mol. The van der Waals surface area contributed by atoms with Crippen LogP contribution < -0.4 is 9.80 Å². The van der Waals surface area contributed by atoms with Crippen LogP contribution in [0, 0.1) is 0 Å². The van der Waals surface area contributed by atoms with Crippen LogP contribution in [0.5, 0.6) is 0 Å². The molecule has 0 saturated carbocycles. The first-order valence-corrected chi connectivity index (χ1v) is 20.1. The van der Waals surface area contributed by atoms with Gasteiger partial charge in [-0.15, -0.1) is 0 Å². The molecule has 0 fully saturated rings. The van der Waals surface area contributed by atoms with Gasteiger partial charge in [-0.25, -0.2) is 0 Å². The number of benzene rings is 9. The molecule has 0 bridgehead atoms. The Morgan fingerprint density at radius 2 is 0.948 bits per heavy atom. The largest absolute Gasteiger partial charge is 0.310 e. The minimum Gasteiger partial charge on any atom is -0.310 e. The van der Waals surface area contributed by atoms with Crippen molar-refractivity contribution in [2.45, 2.75) is 12.3 Å². The molecule has 1 aliphatic rings. The molecule has 276 valence electrons. The Bertz CT molecular complexity index is 2920. The van der Waals surface area contributed by atoms with E-state index in [1.807, 2.05) is 0 Å². The third-order valence-electron chi connectivity index (χ3n) is 11.4. The van der Waals surface area contributed by atoms with Crippen molar-refractivity contribution < 1.29 is 0 Å². The van der Waals surface area contributed by atoms with Crippen LogP contribution in [0.3, 0.4) is 0 Å². The molecule has 0 radical (unpaired) electrons. The highest BCUT2D eigenvalue weighted by atomic mass is 15.2. The zero-order valence-electron chi connectivity index (χ0n) is 32.2. The molecule has 9 aromatic rings. The van der Waals surface area contributed by atoms with Crippen molar-refractivity contribution in [1.29, 1.82) is 0 Å². The van der Waals surface area contributed by atoms with E-state index in [2.05, 4.69) is 246 Å². The third kappa shape index (κ3) is 6.76. The van der Waals surface area contributed by atoms with Crippen molar-refractivity contribution in [2.75, 3.05) is 9.80 Å². The number of fused-ring (bicyclic) bond motifs is 2. The number of nitrogens with zero attached hydrogens (tertiary/aromatic N) is 2. The molecule has 2 heteroatoms. The zero-order valence-corrected chi connectivity index (χ0v) is 32.2. The first kappa shape index (κ1) is 35.0. The highest BCUT2D eigenvalue weighted by molar-refractivity contribution is 6.01. The summed E-state index contributed by atoms with van der Waals surface area (Å²) in [7, 11) is 0. The molecular formula is C56H42N2. The number of para-hydroxylation sites is 4. The van der Waals surface area contributed by atoms with E-state index in [1.54, 1.807) is 0 Å². The molecule has 0 N–H and O–H groups in total. The number of rotatable bonds is 9. The van der Waals surface area contributed by atoms with E-state index in [1.165, 1.54) is 55.1 Å². The van der Waals surface area contributed by atoms with Crippen LogP contribution in [-0.4, -0.2) is 0 Å². The molecule has 2 nitrogen and oxygen atoms in total. The molecule has 1 unspecified atom stereocenters. The topological polar surface area (TPSA) is 6.48 Å². The van der Waals surface area contributed by atoms with Gasteiger partial charge in [0.15, 0.2) is 0 Å². The smallest absolute Gasteiger partial charge is 0.0540 e. The summed E-state index contributed by atoms with van der Waals surface area (Å²) in [6.07, 6.45) is 8.06. The lowest BCUT2D eigenvalue weighted by atomic mass is 9.86. The minimum atomic E-state index is 0.207. The SMILES string of the molecule is C1=CC(c2ccccc2N(c2ccccc2)c2ccc(-c3ccc4ccccc4c3)cc2)CC=C1c1ccccc1N(c1ccccc1)c1cccc2ccccc12. The number of hydrogen-bond acceptors (Lipinski definition) is 2. The van der Waals surface area contributed by atoms with Crippen molar-refractivity contribution in [3.63, 3.8) is 0 Å². The molecule has 0 amide bonds. The van der Waals surface area contributed by atoms with Crippen LogP contribution in [0.4, 0.5) is 34.1 Å². The Kier molecular flexibility index (Phi) is 9.43. The van der Waals surface area contributed by atoms with Crippen molar-refractivity contribution in [3.05, 3.63) is 248 Å². The summed E-state index contributed by atoms with van der Waals surface area (Å²) in [5.41, 5.74) is 13.1. The van der Waals surface area contributed by atoms with Gasteiger partial charge in [-0.05, 0) is 106 Å². The Morgan fingerprint density at radius 1 is 0.379 bits per heavy atom. The summed E-state index contributed by atoms with van der Waals surface area (Å²) in [5.74, 6) is 0.207. The molecule has 0 spiro atoms. The first-order chi connectivity index (χ1) is 28.8. The normalized spacial score (nSPS) is 13.7. The third-order valence-corrected chi connectivity index (χ3v) is 11.4. The molecule has 1 aliphatic carbocycles. The minimum absolute atomic E-state index is 0.207. The van der Waals surface area contributed by atoms with E-state index in [4.69, 9.17) is 0 Å². The Hall–Kier alpha value is -7.42. The van der Waals surface area contributed by atoms with Crippen LogP contribution >= 0.6 is 0 Å². The van der Waals surface area contributed by atoms with Crippen molar-refractivity contribution in [2.24, 2.45) is 0 Å². The zero-order chi connectivity index (χ0) is 38.7. The second-order valence-electron chi connectivity index (χ2n) is 14.9.